The molecule has 0 aromatic carbocycles. The minimum atomic E-state index is -0.0291. The lowest BCUT2D eigenvalue weighted by Crippen LogP contribution is -3.00. The normalized spacial score (nSPS) is 30.5. The van der Waals surface area contributed by atoms with Gasteiger partial charge in [0.25, 0.3) is 5.91 Å². The van der Waals surface area contributed by atoms with Gasteiger partial charge in [-0.15, -0.1) is 0 Å². The Morgan fingerprint density at radius 3 is 1.70 bits per heavy atom. The number of nitrogens with one attached hydrogen (secondary N) is 1. The molecule has 4 heteroatoms. The summed E-state index contributed by atoms with van der Waals surface area (Å²) in [6.07, 6.45) is 22.6. The van der Waals surface area contributed by atoms with Crippen LogP contribution in [0.25, 0.3) is 0 Å². The largest absolute Gasteiger partial charge is 1.00 e. The van der Waals surface area contributed by atoms with Crippen LogP contribution in [0.4, 0.5) is 0 Å². The summed E-state index contributed by atoms with van der Waals surface area (Å²) in [7, 11) is 0. The molecule has 0 heterocycles. The van der Waals surface area contributed by atoms with Gasteiger partial charge < -0.3 is 17.0 Å². The SMILES string of the molecule is CCCCCCCCCCCC[N+](CC)(NC(=O)C12CC3CC(CC(C3)C1)C2)C(C)CC.[Br-]. The molecule has 4 saturated carbocycles. The third-order valence-corrected chi connectivity index (χ3v) is 9.75. The summed E-state index contributed by atoms with van der Waals surface area (Å²) < 4.78 is 0.814. The molecule has 4 bridgehead atoms. The molecule has 4 rings (SSSR count). The predicted molar refractivity (Wildman–Crippen MR) is 136 cm³/mol. The highest BCUT2D eigenvalue weighted by Gasteiger charge is 2.56. The fourth-order valence-electron chi connectivity index (χ4n) is 7.88. The summed E-state index contributed by atoms with van der Waals surface area (Å²) in [5.74, 6) is 2.93. The molecule has 4 aliphatic carbocycles. The van der Waals surface area contributed by atoms with Crippen LogP contribution >= 0.6 is 0 Å². The van der Waals surface area contributed by atoms with E-state index in [2.05, 4.69) is 33.1 Å². The van der Waals surface area contributed by atoms with Crippen LogP contribution in [0.1, 0.15) is 137 Å². The number of nitrogens with zero attached hydrogens (tertiary/aromatic N) is 1. The standard InChI is InChI=1S/C29H54N2O.BrH/c1-5-8-9-10-11-12-13-14-15-16-17-31(7-3,24(4)6-2)30-28(32)29-21-25-18-26(22-29)20-27(19-25)23-29;/h24-27H,5-23H2,1-4H3;1H. The fraction of sp³-hybridized carbons (Fsp3) is 0.966. The van der Waals surface area contributed by atoms with Crippen LogP contribution in [0.2, 0.25) is 0 Å². The lowest BCUT2D eigenvalue weighted by molar-refractivity contribution is -0.981. The molecule has 0 aliphatic heterocycles. The molecule has 2 unspecified atom stereocenters. The third kappa shape index (κ3) is 7.45. The van der Waals surface area contributed by atoms with E-state index in [0.29, 0.717) is 11.9 Å². The second-order valence-corrected chi connectivity index (χ2v) is 12.2. The molecule has 33 heavy (non-hydrogen) atoms. The Morgan fingerprint density at radius 2 is 1.27 bits per heavy atom. The van der Waals surface area contributed by atoms with Crippen LogP contribution in [0, 0.1) is 23.2 Å². The van der Waals surface area contributed by atoms with Crippen molar-refractivity contribution in [1.29, 1.82) is 0 Å². The van der Waals surface area contributed by atoms with Crippen LogP contribution < -0.4 is 22.4 Å². The molecular weight excluding hydrogens is 472 g/mol. The van der Waals surface area contributed by atoms with E-state index < -0.39 is 0 Å². The molecule has 2 atom stereocenters. The summed E-state index contributed by atoms with van der Waals surface area (Å²) >= 11 is 0. The monoisotopic (exact) mass is 526 g/mol. The maximum atomic E-state index is 13.8. The van der Waals surface area contributed by atoms with Crippen molar-refractivity contribution in [2.75, 3.05) is 13.1 Å². The molecule has 194 valence electrons. The lowest BCUT2D eigenvalue weighted by Gasteiger charge is -2.56. The van der Waals surface area contributed by atoms with Gasteiger partial charge in [-0.2, -0.15) is 0 Å². The molecule has 0 radical (unpaired) electrons. The van der Waals surface area contributed by atoms with Gasteiger partial charge in [-0.3, -0.25) is 4.79 Å². The first-order valence-electron chi connectivity index (χ1n) is 14.7. The Kier molecular flexibility index (Phi) is 12.2. The molecule has 3 nitrogen and oxygen atoms in total. The van der Waals surface area contributed by atoms with E-state index in [0.717, 1.165) is 41.9 Å². The minimum absolute atomic E-state index is 0. The molecule has 1 N–H and O–H groups in total. The van der Waals surface area contributed by atoms with Crippen LogP contribution in [0.3, 0.4) is 0 Å². The number of quaternary nitrogens is 1. The van der Waals surface area contributed by atoms with E-state index in [4.69, 9.17) is 0 Å². The van der Waals surface area contributed by atoms with Gasteiger partial charge in [0.1, 0.15) is 12.6 Å². The number of carbonyl (C=O) groups excluding carboxylic acids is 1. The van der Waals surface area contributed by atoms with Gasteiger partial charge in [0.05, 0.1) is 12.0 Å². The number of rotatable bonds is 16. The van der Waals surface area contributed by atoms with Crippen LogP contribution in [0.5, 0.6) is 0 Å². The second kappa shape index (κ2) is 13.9. The highest BCUT2D eigenvalue weighted by molar-refractivity contribution is 5.82. The van der Waals surface area contributed by atoms with Crippen LogP contribution in [-0.4, -0.2) is 29.6 Å². The zero-order chi connectivity index (χ0) is 23.0. The van der Waals surface area contributed by atoms with Crippen molar-refractivity contribution in [1.82, 2.24) is 5.43 Å². The Balaban J connectivity index is 0.00000385. The number of halogens is 1. The van der Waals surface area contributed by atoms with Crippen LogP contribution in [-0.2, 0) is 4.79 Å². The summed E-state index contributed by atoms with van der Waals surface area (Å²) in [6, 6.07) is 0.497. The average molecular weight is 528 g/mol. The smallest absolute Gasteiger partial charge is 0.271 e. The maximum Gasteiger partial charge on any atom is 0.271 e. The van der Waals surface area contributed by atoms with Gasteiger partial charge in [0.15, 0.2) is 0 Å². The zero-order valence-corrected chi connectivity index (χ0v) is 24.1. The number of hydrogen-bond acceptors (Lipinski definition) is 1. The Hall–Kier alpha value is -0.0900. The highest BCUT2D eigenvalue weighted by Crippen LogP contribution is 2.60. The quantitative estimate of drug-likeness (QED) is 0.175. The molecule has 0 saturated heterocycles. The molecular formula is C29H55BrN2O. The Bertz CT molecular complexity index is 545. The molecule has 1 amide bonds. The minimum Gasteiger partial charge on any atom is -1.00 e. The predicted octanol–water partition coefficient (Wildman–Crippen LogP) is 4.79. The van der Waals surface area contributed by atoms with Crippen molar-refractivity contribution in [2.24, 2.45) is 23.2 Å². The van der Waals surface area contributed by atoms with Crippen molar-refractivity contribution >= 4 is 5.91 Å². The molecule has 0 spiro atoms. The van der Waals surface area contributed by atoms with Gasteiger partial charge >= 0.3 is 0 Å². The number of carbonyl (C=O) groups is 1. The Labute approximate surface area is 216 Å². The average Bonchev–Trinajstić information content (AvgIpc) is 2.78. The molecule has 0 aromatic heterocycles. The summed E-state index contributed by atoms with van der Waals surface area (Å²) in [5.41, 5.74) is 3.69. The van der Waals surface area contributed by atoms with Gasteiger partial charge in [-0.1, -0.05) is 65.2 Å². The first-order valence-corrected chi connectivity index (χ1v) is 14.7. The number of unbranched alkanes of at least 4 members (excludes halogenated alkanes) is 9. The molecule has 4 aliphatic rings. The summed E-state index contributed by atoms with van der Waals surface area (Å²) in [5, 5.41) is 0. The van der Waals surface area contributed by atoms with E-state index in [1.54, 1.807) is 0 Å². The van der Waals surface area contributed by atoms with Gasteiger partial charge in [-0.25, -0.2) is 10.0 Å². The van der Waals surface area contributed by atoms with Crippen molar-refractivity contribution in [3.05, 3.63) is 0 Å². The van der Waals surface area contributed by atoms with Gasteiger partial charge in [0, 0.05) is 0 Å². The highest BCUT2D eigenvalue weighted by atomic mass is 79.9. The van der Waals surface area contributed by atoms with E-state index in [1.807, 2.05) is 0 Å². The van der Waals surface area contributed by atoms with E-state index in [-0.39, 0.29) is 22.4 Å². The van der Waals surface area contributed by atoms with Crippen molar-refractivity contribution in [2.45, 2.75) is 143 Å². The van der Waals surface area contributed by atoms with Crippen molar-refractivity contribution in [3.63, 3.8) is 0 Å². The van der Waals surface area contributed by atoms with Gasteiger partial charge in [0.2, 0.25) is 0 Å². The maximum absolute atomic E-state index is 13.8. The third-order valence-electron chi connectivity index (χ3n) is 9.75. The summed E-state index contributed by atoms with van der Waals surface area (Å²) in [6.45, 7) is 11.4. The van der Waals surface area contributed by atoms with Crippen LogP contribution in [0.15, 0.2) is 0 Å². The molecule has 0 aromatic rings. The second-order valence-electron chi connectivity index (χ2n) is 12.2. The van der Waals surface area contributed by atoms with E-state index in [9.17, 15) is 4.79 Å². The van der Waals surface area contributed by atoms with Crippen molar-refractivity contribution in [3.8, 4) is 0 Å². The topological polar surface area (TPSA) is 29.1 Å². The fourth-order valence-corrected chi connectivity index (χ4v) is 7.88. The molecule has 4 fully saturated rings. The van der Waals surface area contributed by atoms with Gasteiger partial charge in [-0.05, 0) is 89.4 Å². The lowest BCUT2D eigenvalue weighted by atomic mass is 9.49. The zero-order valence-electron chi connectivity index (χ0n) is 22.5. The Morgan fingerprint density at radius 1 is 0.818 bits per heavy atom. The number of hydrogen-bond donors (Lipinski definition) is 1. The first kappa shape index (κ1) is 29.1. The van der Waals surface area contributed by atoms with E-state index >= 15 is 0 Å². The number of amides is 1. The summed E-state index contributed by atoms with van der Waals surface area (Å²) in [4.78, 5) is 13.8. The first-order chi connectivity index (χ1) is 15.5. The van der Waals surface area contributed by atoms with Crippen molar-refractivity contribution < 1.29 is 26.4 Å². The van der Waals surface area contributed by atoms with E-state index in [1.165, 1.54) is 103 Å².